The molecule has 11 heteroatoms. The zero-order valence-corrected chi connectivity index (χ0v) is 23.3. The molecule has 0 bridgehead atoms. The number of carbonyl (C=O) groups is 2. The minimum atomic E-state index is -0.322. The average molecular weight is 582 g/mol. The summed E-state index contributed by atoms with van der Waals surface area (Å²) in [4.78, 5) is 32.6. The fourth-order valence-corrected chi connectivity index (χ4v) is 4.52. The number of para-hydroxylation sites is 1. The molecule has 4 rings (SSSR count). The highest BCUT2D eigenvalue weighted by atomic mass is 35.5. The normalized spacial score (nSPS) is 10.6. The molecule has 0 radical (unpaired) electrons. The average Bonchev–Trinajstić information content (AvgIpc) is 3.16. The van der Waals surface area contributed by atoms with Gasteiger partial charge in [-0.1, -0.05) is 53.0 Å². The number of anilines is 2. The number of aryl methyl sites for hydroxylation is 1. The van der Waals surface area contributed by atoms with Crippen LogP contribution in [0.3, 0.4) is 0 Å². The highest BCUT2D eigenvalue weighted by Crippen LogP contribution is 2.35. The van der Waals surface area contributed by atoms with Gasteiger partial charge in [0.15, 0.2) is 11.4 Å². The topological polar surface area (TPSA) is 67.2 Å². The van der Waals surface area contributed by atoms with E-state index in [-0.39, 0.29) is 42.4 Å². The fourth-order valence-electron chi connectivity index (χ4n) is 3.73. The predicted molar refractivity (Wildman–Crippen MR) is 151 cm³/mol. The molecule has 2 heterocycles. The lowest BCUT2D eigenvalue weighted by Gasteiger charge is -2.26. The van der Waals surface area contributed by atoms with Crippen LogP contribution in [0.2, 0.25) is 15.2 Å². The third kappa shape index (κ3) is 5.96. The molecule has 0 spiro atoms. The summed E-state index contributed by atoms with van der Waals surface area (Å²) >= 11 is 19.4. The first kappa shape index (κ1) is 28.6. The number of ether oxygens (including phenoxy) is 1. The van der Waals surface area contributed by atoms with Gasteiger partial charge >= 0.3 is 0 Å². The highest BCUT2D eigenvalue weighted by Gasteiger charge is 2.23. The molecule has 37 heavy (non-hydrogen) atoms. The van der Waals surface area contributed by atoms with Crippen molar-refractivity contribution in [1.29, 1.82) is 0 Å². The number of likely N-dealkylation sites (N-methyl/N-ethyl adjacent to an activating group) is 1. The van der Waals surface area contributed by atoms with Crippen LogP contribution in [0.15, 0.2) is 60.8 Å². The summed E-state index contributed by atoms with van der Waals surface area (Å²) < 4.78 is 7.75. The largest absolute Gasteiger partial charge is 0.485 e. The van der Waals surface area contributed by atoms with E-state index in [0.29, 0.717) is 44.2 Å². The Bertz CT molecular complexity index is 1440. The van der Waals surface area contributed by atoms with Crippen LogP contribution in [-0.4, -0.2) is 34.8 Å². The number of carbonyl (C=O) groups excluding carboxylic acids is 2. The molecule has 2 aromatic carbocycles. The standard InChI is InChI=1S/C26H23Cl3N4O3.ClH/c1-16-25(29)32-13-7-10-22(26(32)30-16)36-15-19-20(27)11-12-21(24(19)28)31(3)23(35)14-33(17(2)34)18-8-5-4-6-9-18;/h4-13H,14-15H2,1-3H3;1H. The second kappa shape index (κ2) is 12.0. The molecule has 2 amide bonds. The van der Waals surface area contributed by atoms with Gasteiger partial charge in [0.25, 0.3) is 0 Å². The van der Waals surface area contributed by atoms with E-state index in [9.17, 15) is 9.59 Å². The second-order valence-corrected chi connectivity index (χ2v) is 9.24. The van der Waals surface area contributed by atoms with Gasteiger partial charge < -0.3 is 14.5 Å². The number of halogens is 4. The van der Waals surface area contributed by atoms with Crippen molar-refractivity contribution in [2.75, 3.05) is 23.4 Å². The van der Waals surface area contributed by atoms with Gasteiger partial charge in [-0.3, -0.25) is 14.0 Å². The first-order valence-electron chi connectivity index (χ1n) is 11.0. The summed E-state index contributed by atoms with van der Waals surface area (Å²) in [6.07, 6.45) is 1.80. The molecule has 0 aliphatic carbocycles. The minimum absolute atomic E-state index is 0. The Morgan fingerprint density at radius 2 is 1.73 bits per heavy atom. The van der Waals surface area contributed by atoms with Crippen molar-refractivity contribution in [3.63, 3.8) is 0 Å². The van der Waals surface area contributed by atoms with Crippen molar-refractivity contribution < 1.29 is 14.3 Å². The van der Waals surface area contributed by atoms with E-state index in [1.807, 2.05) is 13.0 Å². The maximum Gasteiger partial charge on any atom is 0.246 e. The van der Waals surface area contributed by atoms with Gasteiger partial charge in [-0.05, 0) is 43.3 Å². The summed E-state index contributed by atoms with van der Waals surface area (Å²) in [5.41, 5.74) is 2.84. The van der Waals surface area contributed by atoms with Gasteiger partial charge in [-0.15, -0.1) is 12.4 Å². The third-order valence-corrected chi connectivity index (χ3v) is 6.96. The zero-order chi connectivity index (χ0) is 26.0. The van der Waals surface area contributed by atoms with E-state index in [4.69, 9.17) is 39.5 Å². The minimum Gasteiger partial charge on any atom is -0.485 e. The van der Waals surface area contributed by atoms with Gasteiger partial charge in [-0.2, -0.15) is 0 Å². The van der Waals surface area contributed by atoms with Crippen LogP contribution in [0.4, 0.5) is 11.4 Å². The van der Waals surface area contributed by atoms with Crippen LogP contribution < -0.4 is 14.5 Å². The Morgan fingerprint density at radius 3 is 2.41 bits per heavy atom. The van der Waals surface area contributed by atoms with Crippen molar-refractivity contribution >= 4 is 76.0 Å². The number of fused-ring (bicyclic) bond motifs is 1. The van der Waals surface area contributed by atoms with Crippen molar-refractivity contribution in [3.05, 3.63) is 87.2 Å². The van der Waals surface area contributed by atoms with Crippen LogP contribution in [0.1, 0.15) is 18.2 Å². The van der Waals surface area contributed by atoms with E-state index >= 15 is 0 Å². The fraction of sp³-hybridized carbons (Fsp3) is 0.192. The maximum absolute atomic E-state index is 13.1. The van der Waals surface area contributed by atoms with Crippen LogP contribution in [0, 0.1) is 6.92 Å². The number of hydrogen-bond acceptors (Lipinski definition) is 4. The first-order valence-corrected chi connectivity index (χ1v) is 12.1. The van der Waals surface area contributed by atoms with E-state index < -0.39 is 0 Å². The molecule has 2 aromatic heterocycles. The summed E-state index contributed by atoms with van der Waals surface area (Å²) in [5.74, 6) is -0.0606. The number of rotatable bonds is 7. The van der Waals surface area contributed by atoms with Crippen LogP contribution in [-0.2, 0) is 16.2 Å². The Morgan fingerprint density at radius 1 is 1.03 bits per heavy atom. The predicted octanol–water partition coefficient (Wildman–Crippen LogP) is 6.62. The number of aromatic nitrogens is 2. The van der Waals surface area contributed by atoms with E-state index in [1.54, 1.807) is 66.2 Å². The number of pyridine rings is 1. The molecule has 194 valence electrons. The Hall–Kier alpha value is -2.97. The number of nitrogens with zero attached hydrogens (tertiary/aromatic N) is 4. The number of imidazole rings is 1. The highest BCUT2D eigenvalue weighted by molar-refractivity contribution is 6.38. The smallest absolute Gasteiger partial charge is 0.246 e. The summed E-state index contributed by atoms with van der Waals surface area (Å²) in [6, 6.07) is 15.9. The van der Waals surface area contributed by atoms with Gasteiger partial charge in [0.05, 0.1) is 16.4 Å². The van der Waals surface area contributed by atoms with Crippen LogP contribution in [0.5, 0.6) is 5.75 Å². The molecule has 0 unspecified atom stereocenters. The lowest BCUT2D eigenvalue weighted by Crippen LogP contribution is -2.41. The Kier molecular flexibility index (Phi) is 9.31. The van der Waals surface area contributed by atoms with Crippen LogP contribution in [0.25, 0.3) is 5.65 Å². The van der Waals surface area contributed by atoms with Crippen LogP contribution >= 0.6 is 47.2 Å². The molecule has 0 aliphatic rings. The lowest BCUT2D eigenvalue weighted by atomic mass is 10.2. The molecular weight excluding hydrogens is 558 g/mol. The lowest BCUT2D eigenvalue weighted by molar-refractivity contribution is -0.121. The molecule has 0 atom stereocenters. The quantitative estimate of drug-likeness (QED) is 0.246. The second-order valence-electron chi connectivity index (χ2n) is 8.10. The first-order chi connectivity index (χ1) is 17.2. The number of amides is 2. The molecule has 0 fully saturated rings. The molecular formula is C26H24Cl4N4O3. The van der Waals surface area contributed by atoms with E-state index in [2.05, 4.69) is 4.98 Å². The van der Waals surface area contributed by atoms with E-state index in [0.717, 1.165) is 0 Å². The van der Waals surface area contributed by atoms with E-state index in [1.165, 1.54) is 16.7 Å². The van der Waals surface area contributed by atoms with Crippen molar-refractivity contribution in [2.45, 2.75) is 20.5 Å². The SMILES string of the molecule is CC(=O)N(CC(=O)N(C)c1ccc(Cl)c(COc2cccn3c(Cl)c(C)nc23)c1Cl)c1ccccc1.Cl. The number of hydrogen-bond donors (Lipinski definition) is 0. The third-order valence-electron chi connectivity index (χ3n) is 5.73. The summed E-state index contributed by atoms with van der Waals surface area (Å²) in [6.45, 7) is 3.12. The molecule has 7 nitrogen and oxygen atoms in total. The molecule has 0 N–H and O–H groups in total. The van der Waals surface area contributed by atoms with Crippen molar-refractivity contribution in [3.8, 4) is 5.75 Å². The summed E-state index contributed by atoms with van der Waals surface area (Å²) in [7, 11) is 1.60. The van der Waals surface area contributed by atoms with Gasteiger partial charge in [-0.25, -0.2) is 4.98 Å². The molecule has 0 aliphatic heterocycles. The maximum atomic E-state index is 13.1. The summed E-state index contributed by atoms with van der Waals surface area (Å²) in [5, 5.41) is 1.17. The van der Waals surface area contributed by atoms with Gasteiger partial charge in [0, 0.05) is 36.4 Å². The van der Waals surface area contributed by atoms with Gasteiger partial charge in [0.2, 0.25) is 11.8 Å². The van der Waals surface area contributed by atoms with Gasteiger partial charge in [0.1, 0.15) is 18.3 Å². The number of benzene rings is 2. The van der Waals surface area contributed by atoms with Crippen molar-refractivity contribution in [2.24, 2.45) is 0 Å². The van der Waals surface area contributed by atoms with Crippen molar-refractivity contribution in [1.82, 2.24) is 9.38 Å². The Labute approximate surface area is 235 Å². The zero-order valence-electron chi connectivity index (χ0n) is 20.2. The molecule has 0 saturated heterocycles. The Balaban J connectivity index is 0.00000380. The monoisotopic (exact) mass is 580 g/mol. The molecule has 4 aromatic rings. The molecule has 0 saturated carbocycles.